The van der Waals surface area contributed by atoms with E-state index in [1.165, 1.54) is 5.57 Å². The Labute approximate surface area is 97.8 Å². The van der Waals surface area contributed by atoms with Crippen LogP contribution in [0.2, 0.25) is 0 Å². The number of carbonyl (C=O) groups is 1. The molecule has 0 aromatic rings. The molecule has 2 rings (SSSR count). The van der Waals surface area contributed by atoms with Crippen molar-refractivity contribution in [3.05, 3.63) is 11.6 Å². The lowest BCUT2D eigenvalue weighted by Crippen LogP contribution is -2.20. The number of ether oxygens (including phenoxy) is 2. The number of ketones is 1. The van der Waals surface area contributed by atoms with Crippen molar-refractivity contribution in [3.63, 3.8) is 0 Å². The summed E-state index contributed by atoms with van der Waals surface area (Å²) in [5, 5.41) is 0. The van der Waals surface area contributed by atoms with Crippen LogP contribution in [-0.4, -0.2) is 32.2 Å². The molecule has 3 nitrogen and oxygen atoms in total. The van der Waals surface area contributed by atoms with E-state index in [0.29, 0.717) is 6.42 Å². The minimum atomic E-state index is 0.204. The molecule has 0 bridgehead atoms. The second-order valence-corrected chi connectivity index (χ2v) is 5.20. The van der Waals surface area contributed by atoms with Crippen molar-refractivity contribution in [1.82, 2.24) is 0 Å². The molecule has 0 atom stereocenters. The number of hydrogen-bond acceptors (Lipinski definition) is 3. The summed E-state index contributed by atoms with van der Waals surface area (Å²) in [5.41, 5.74) is 1.43. The Balaban J connectivity index is 0.000000181. The summed E-state index contributed by atoms with van der Waals surface area (Å²) in [6.07, 6.45) is 3.55. The molecule has 1 fully saturated rings. The largest absolute Gasteiger partial charge is 0.377 e. The van der Waals surface area contributed by atoms with Gasteiger partial charge in [0.1, 0.15) is 0 Å². The molecular formula is C13H22O3. The number of allylic oxidation sites excluding steroid dienone is 2. The molecule has 0 amide bonds. The molecule has 3 heteroatoms. The maximum atomic E-state index is 11.0. The van der Waals surface area contributed by atoms with Crippen molar-refractivity contribution in [1.29, 1.82) is 0 Å². The molecule has 0 N–H and O–H groups in total. The monoisotopic (exact) mass is 226 g/mol. The molecule has 0 unspecified atom stereocenters. The van der Waals surface area contributed by atoms with E-state index in [0.717, 1.165) is 32.8 Å². The van der Waals surface area contributed by atoms with E-state index >= 15 is 0 Å². The molecule has 92 valence electrons. The smallest absolute Gasteiger partial charge is 0.156 e. The first-order valence-electron chi connectivity index (χ1n) is 5.85. The van der Waals surface area contributed by atoms with Gasteiger partial charge in [0.25, 0.3) is 0 Å². The fourth-order valence-corrected chi connectivity index (χ4v) is 2.11. The van der Waals surface area contributed by atoms with Gasteiger partial charge >= 0.3 is 0 Å². The average Bonchev–Trinajstić information content (AvgIpc) is 2.17. The van der Waals surface area contributed by atoms with Gasteiger partial charge < -0.3 is 9.47 Å². The van der Waals surface area contributed by atoms with Gasteiger partial charge in [-0.2, -0.15) is 0 Å². The Morgan fingerprint density at radius 2 is 1.56 bits per heavy atom. The Hall–Kier alpha value is -0.670. The molecule has 0 saturated carbocycles. The van der Waals surface area contributed by atoms with Crippen LogP contribution in [0.3, 0.4) is 0 Å². The third-order valence-electron chi connectivity index (χ3n) is 2.56. The lowest BCUT2D eigenvalue weighted by atomic mass is 9.77. The predicted octanol–water partition coefficient (Wildman–Crippen LogP) is 2.36. The summed E-state index contributed by atoms with van der Waals surface area (Å²) in [5.74, 6) is 0.286. The first-order valence-corrected chi connectivity index (χ1v) is 5.85. The molecule has 0 spiro atoms. The second-order valence-electron chi connectivity index (χ2n) is 5.20. The Bertz CT molecular complexity index is 251. The predicted molar refractivity (Wildman–Crippen MR) is 63.4 cm³/mol. The summed E-state index contributed by atoms with van der Waals surface area (Å²) in [6.45, 7) is 9.42. The Morgan fingerprint density at radius 3 is 1.88 bits per heavy atom. The van der Waals surface area contributed by atoms with Gasteiger partial charge in [-0.25, -0.2) is 0 Å². The highest BCUT2D eigenvalue weighted by atomic mass is 16.6. The van der Waals surface area contributed by atoms with Crippen molar-refractivity contribution in [2.45, 2.75) is 33.6 Å². The van der Waals surface area contributed by atoms with Gasteiger partial charge in [0.2, 0.25) is 0 Å². The van der Waals surface area contributed by atoms with E-state index in [1.807, 2.05) is 6.92 Å². The van der Waals surface area contributed by atoms with Crippen molar-refractivity contribution >= 4 is 5.78 Å². The van der Waals surface area contributed by atoms with Crippen LogP contribution in [0.5, 0.6) is 0 Å². The van der Waals surface area contributed by atoms with Crippen molar-refractivity contribution in [2.24, 2.45) is 5.41 Å². The summed E-state index contributed by atoms with van der Waals surface area (Å²) < 4.78 is 9.89. The maximum Gasteiger partial charge on any atom is 0.156 e. The fraction of sp³-hybridized carbons (Fsp3) is 0.769. The molecular weight excluding hydrogens is 204 g/mol. The van der Waals surface area contributed by atoms with Crippen molar-refractivity contribution in [2.75, 3.05) is 26.4 Å². The third-order valence-corrected chi connectivity index (χ3v) is 2.56. The second kappa shape index (κ2) is 6.16. The van der Waals surface area contributed by atoms with E-state index in [1.54, 1.807) is 6.08 Å². The molecule has 0 radical (unpaired) electrons. The SMILES string of the molecule is C1COCCO1.CC1=CC(=O)CC(C)(C)C1. The van der Waals surface area contributed by atoms with Gasteiger partial charge in [-0.15, -0.1) is 0 Å². The van der Waals surface area contributed by atoms with Gasteiger partial charge in [0.15, 0.2) is 5.78 Å². The number of hydrogen-bond donors (Lipinski definition) is 0. The molecule has 16 heavy (non-hydrogen) atoms. The van der Waals surface area contributed by atoms with Gasteiger partial charge in [-0.3, -0.25) is 4.79 Å². The van der Waals surface area contributed by atoms with Crippen LogP contribution in [0, 0.1) is 5.41 Å². The quantitative estimate of drug-likeness (QED) is 0.636. The van der Waals surface area contributed by atoms with E-state index in [4.69, 9.17) is 9.47 Å². The van der Waals surface area contributed by atoms with Gasteiger partial charge in [-0.05, 0) is 24.8 Å². The normalized spacial score (nSPS) is 24.2. The zero-order valence-corrected chi connectivity index (χ0v) is 10.5. The molecule has 2 aliphatic rings. The minimum Gasteiger partial charge on any atom is -0.377 e. The Morgan fingerprint density at radius 1 is 1.06 bits per heavy atom. The average molecular weight is 226 g/mol. The summed E-state index contributed by atoms with van der Waals surface area (Å²) >= 11 is 0. The number of rotatable bonds is 0. The van der Waals surface area contributed by atoms with Crippen LogP contribution in [0.1, 0.15) is 33.6 Å². The summed E-state index contributed by atoms with van der Waals surface area (Å²) in [6, 6.07) is 0. The lowest BCUT2D eigenvalue weighted by molar-refractivity contribution is -0.117. The summed E-state index contributed by atoms with van der Waals surface area (Å²) in [7, 11) is 0. The van der Waals surface area contributed by atoms with Crippen LogP contribution in [0.4, 0.5) is 0 Å². The zero-order chi connectivity index (χ0) is 12.0. The van der Waals surface area contributed by atoms with Crippen LogP contribution in [-0.2, 0) is 14.3 Å². The third kappa shape index (κ3) is 5.42. The van der Waals surface area contributed by atoms with Crippen LogP contribution in [0.25, 0.3) is 0 Å². The van der Waals surface area contributed by atoms with Gasteiger partial charge in [0, 0.05) is 6.42 Å². The minimum absolute atomic E-state index is 0.204. The molecule has 1 heterocycles. The molecule has 0 aromatic heterocycles. The van der Waals surface area contributed by atoms with E-state index in [2.05, 4.69) is 13.8 Å². The van der Waals surface area contributed by atoms with Gasteiger partial charge in [0.05, 0.1) is 26.4 Å². The molecule has 0 aromatic carbocycles. The zero-order valence-electron chi connectivity index (χ0n) is 10.5. The summed E-state index contributed by atoms with van der Waals surface area (Å²) in [4.78, 5) is 11.0. The van der Waals surface area contributed by atoms with Crippen molar-refractivity contribution in [3.8, 4) is 0 Å². The highest BCUT2D eigenvalue weighted by Gasteiger charge is 2.25. The van der Waals surface area contributed by atoms with Gasteiger partial charge in [-0.1, -0.05) is 19.4 Å². The molecule has 1 aliphatic heterocycles. The number of carbonyl (C=O) groups excluding carboxylic acids is 1. The molecule has 1 aliphatic carbocycles. The highest BCUT2D eigenvalue weighted by molar-refractivity contribution is 5.91. The Kier molecular flexibility index (Phi) is 5.16. The van der Waals surface area contributed by atoms with Crippen LogP contribution >= 0.6 is 0 Å². The first kappa shape index (κ1) is 13.4. The highest BCUT2D eigenvalue weighted by Crippen LogP contribution is 2.32. The van der Waals surface area contributed by atoms with E-state index < -0.39 is 0 Å². The standard InChI is InChI=1S/C9H14O.C4H8O2/c1-7-4-8(10)6-9(2,3)5-7;1-2-6-4-3-5-1/h4H,5-6H2,1-3H3;1-4H2. The van der Waals surface area contributed by atoms with Crippen LogP contribution < -0.4 is 0 Å². The van der Waals surface area contributed by atoms with E-state index in [9.17, 15) is 4.79 Å². The maximum absolute atomic E-state index is 11.0. The first-order chi connectivity index (χ1) is 7.49. The van der Waals surface area contributed by atoms with E-state index in [-0.39, 0.29) is 11.2 Å². The fourth-order valence-electron chi connectivity index (χ4n) is 2.11. The van der Waals surface area contributed by atoms with Crippen LogP contribution in [0.15, 0.2) is 11.6 Å². The lowest BCUT2D eigenvalue weighted by Gasteiger charge is -2.27. The topological polar surface area (TPSA) is 35.5 Å². The molecule has 1 saturated heterocycles. The van der Waals surface area contributed by atoms with Crippen molar-refractivity contribution < 1.29 is 14.3 Å².